The van der Waals surface area contributed by atoms with E-state index in [1.807, 2.05) is 0 Å². The maximum absolute atomic E-state index is 11.9. The number of nitrogens with one attached hydrogen (secondary N) is 1. The van der Waals surface area contributed by atoms with E-state index in [1.165, 1.54) is 25.1 Å². The van der Waals surface area contributed by atoms with Gasteiger partial charge in [-0.15, -0.1) is 0 Å². The number of nitro groups is 1. The normalized spacial score (nSPS) is 20.1. The zero-order chi connectivity index (χ0) is 13.3. The van der Waals surface area contributed by atoms with Gasteiger partial charge in [-0.2, -0.15) is 0 Å². The summed E-state index contributed by atoms with van der Waals surface area (Å²) in [4.78, 5) is 22.1. The Hall–Kier alpha value is -2.15. The molecule has 0 saturated heterocycles. The molecule has 1 amide bonds. The smallest absolute Gasteiger partial charge is 0.311 e. The molecule has 0 bridgehead atoms. The largest absolute Gasteiger partial charge is 0.484 e. The molecular formula is C11H12N2O5. The van der Waals surface area contributed by atoms with Gasteiger partial charge in [0.05, 0.1) is 22.6 Å². The molecule has 1 aliphatic heterocycles. The third-order valence-corrected chi connectivity index (χ3v) is 2.74. The Morgan fingerprint density at radius 2 is 2.33 bits per heavy atom. The molecular weight excluding hydrogens is 240 g/mol. The van der Waals surface area contributed by atoms with Gasteiger partial charge in [-0.3, -0.25) is 14.9 Å². The van der Waals surface area contributed by atoms with Gasteiger partial charge in [0.25, 0.3) is 5.91 Å². The number of ether oxygens (including phenoxy) is 1. The summed E-state index contributed by atoms with van der Waals surface area (Å²) in [5, 5.41) is 22.9. The van der Waals surface area contributed by atoms with Crippen LogP contribution in [0.4, 0.5) is 5.69 Å². The van der Waals surface area contributed by atoms with Crippen molar-refractivity contribution in [1.29, 1.82) is 0 Å². The number of carbonyl (C=O) groups excluding carboxylic acids is 1. The third-order valence-electron chi connectivity index (χ3n) is 2.74. The molecule has 1 aromatic carbocycles. The monoisotopic (exact) mass is 252 g/mol. The van der Waals surface area contributed by atoms with E-state index in [-0.39, 0.29) is 23.6 Å². The van der Waals surface area contributed by atoms with Gasteiger partial charge in [0.15, 0.2) is 0 Å². The molecule has 96 valence electrons. The van der Waals surface area contributed by atoms with E-state index in [0.717, 1.165) is 0 Å². The Morgan fingerprint density at radius 1 is 1.61 bits per heavy atom. The Balaban J connectivity index is 2.43. The predicted octanol–water partition coefficient (Wildman–Crippen LogP) is 0.466. The summed E-state index contributed by atoms with van der Waals surface area (Å²) in [7, 11) is 0. The molecule has 1 heterocycles. The van der Waals surface area contributed by atoms with E-state index in [1.54, 1.807) is 0 Å². The number of aliphatic hydroxyl groups excluding tert-OH is 1. The quantitative estimate of drug-likeness (QED) is 0.588. The summed E-state index contributed by atoms with van der Waals surface area (Å²) in [5.41, 5.74) is -0.152. The van der Waals surface area contributed by atoms with Gasteiger partial charge in [-0.25, -0.2) is 0 Å². The van der Waals surface area contributed by atoms with Crippen molar-refractivity contribution < 1.29 is 19.6 Å². The van der Waals surface area contributed by atoms with Crippen molar-refractivity contribution in [3.05, 3.63) is 33.9 Å². The molecule has 0 aromatic heterocycles. The van der Waals surface area contributed by atoms with Gasteiger partial charge in [-0.05, 0) is 13.0 Å². The van der Waals surface area contributed by atoms with Crippen molar-refractivity contribution in [3.8, 4) is 5.75 Å². The van der Waals surface area contributed by atoms with Crippen LogP contribution in [0.5, 0.6) is 5.75 Å². The molecule has 0 spiro atoms. The molecule has 0 saturated carbocycles. The fraction of sp³-hybridized carbons (Fsp3) is 0.364. The lowest BCUT2D eigenvalue weighted by molar-refractivity contribution is -0.385. The molecule has 2 rings (SSSR count). The zero-order valence-corrected chi connectivity index (χ0v) is 9.62. The Kier molecular flexibility index (Phi) is 3.15. The van der Waals surface area contributed by atoms with Gasteiger partial charge >= 0.3 is 5.69 Å². The van der Waals surface area contributed by atoms with Crippen LogP contribution in [0, 0.1) is 10.1 Å². The molecule has 2 N–H and O–H groups in total. The highest BCUT2D eigenvalue weighted by atomic mass is 16.6. The topological polar surface area (TPSA) is 102 Å². The number of amides is 1. The van der Waals surface area contributed by atoms with Gasteiger partial charge in [-0.1, -0.05) is 6.07 Å². The summed E-state index contributed by atoms with van der Waals surface area (Å²) in [5.74, 6) is -0.541. The standard InChI is InChI=1S/C11H12N2O5/c1-6(14)8-5-18-10-7(11(15)12-8)3-2-4-9(10)13(16)17/h2-4,6,8,14H,5H2,1H3,(H,12,15)/t6?,8-/m0/s1. The Bertz CT molecular complexity index is 500. The number of rotatable bonds is 2. The van der Waals surface area contributed by atoms with Crippen molar-refractivity contribution in [1.82, 2.24) is 5.32 Å². The lowest BCUT2D eigenvalue weighted by atomic mass is 10.1. The van der Waals surface area contributed by atoms with Crippen molar-refractivity contribution in [2.24, 2.45) is 0 Å². The van der Waals surface area contributed by atoms with E-state index in [0.29, 0.717) is 0 Å². The second-order valence-electron chi connectivity index (χ2n) is 4.04. The number of aliphatic hydroxyl groups is 1. The van der Waals surface area contributed by atoms with E-state index >= 15 is 0 Å². The van der Waals surface area contributed by atoms with Crippen LogP contribution in [0.2, 0.25) is 0 Å². The van der Waals surface area contributed by atoms with Gasteiger partial charge in [0, 0.05) is 6.07 Å². The van der Waals surface area contributed by atoms with Crippen LogP contribution in [-0.4, -0.2) is 34.7 Å². The number of para-hydroxylation sites is 1. The van der Waals surface area contributed by atoms with Gasteiger partial charge in [0.2, 0.25) is 5.75 Å². The van der Waals surface area contributed by atoms with Gasteiger partial charge in [0.1, 0.15) is 6.61 Å². The van der Waals surface area contributed by atoms with E-state index < -0.39 is 23.0 Å². The lowest BCUT2D eigenvalue weighted by Gasteiger charge is -2.17. The number of benzene rings is 1. The minimum atomic E-state index is -0.803. The first kappa shape index (κ1) is 12.3. The predicted molar refractivity (Wildman–Crippen MR) is 61.5 cm³/mol. The second kappa shape index (κ2) is 4.61. The fourth-order valence-corrected chi connectivity index (χ4v) is 1.72. The first-order chi connectivity index (χ1) is 8.50. The molecule has 0 aliphatic carbocycles. The van der Waals surface area contributed by atoms with Crippen molar-refractivity contribution in [3.63, 3.8) is 0 Å². The molecule has 1 unspecified atom stereocenters. The Morgan fingerprint density at radius 3 is 2.94 bits per heavy atom. The summed E-state index contributed by atoms with van der Waals surface area (Å²) in [6.07, 6.45) is -0.803. The zero-order valence-electron chi connectivity index (χ0n) is 9.62. The van der Waals surface area contributed by atoms with Crippen molar-refractivity contribution in [2.75, 3.05) is 6.61 Å². The maximum Gasteiger partial charge on any atom is 0.311 e. The fourth-order valence-electron chi connectivity index (χ4n) is 1.72. The third kappa shape index (κ3) is 2.12. The second-order valence-corrected chi connectivity index (χ2v) is 4.04. The molecule has 7 heteroatoms. The highest BCUT2D eigenvalue weighted by Crippen LogP contribution is 2.32. The molecule has 7 nitrogen and oxygen atoms in total. The van der Waals surface area contributed by atoms with Crippen LogP contribution in [0.25, 0.3) is 0 Å². The minimum absolute atomic E-state index is 0.0126. The number of hydrogen-bond donors (Lipinski definition) is 2. The maximum atomic E-state index is 11.9. The van der Waals surface area contributed by atoms with Crippen LogP contribution in [0.1, 0.15) is 17.3 Å². The average Bonchev–Trinajstić information content (AvgIpc) is 2.49. The highest BCUT2D eigenvalue weighted by Gasteiger charge is 2.30. The number of nitro benzene ring substituents is 1. The lowest BCUT2D eigenvalue weighted by Crippen LogP contribution is -2.44. The summed E-state index contributed by atoms with van der Waals surface area (Å²) < 4.78 is 5.30. The number of nitrogens with zero attached hydrogens (tertiary/aromatic N) is 1. The van der Waals surface area contributed by atoms with Crippen molar-refractivity contribution in [2.45, 2.75) is 19.1 Å². The van der Waals surface area contributed by atoms with Crippen LogP contribution >= 0.6 is 0 Å². The molecule has 0 fully saturated rings. The van der Waals surface area contributed by atoms with E-state index in [4.69, 9.17) is 4.74 Å². The number of hydrogen-bond acceptors (Lipinski definition) is 5. The highest BCUT2D eigenvalue weighted by molar-refractivity contribution is 5.98. The van der Waals surface area contributed by atoms with E-state index in [9.17, 15) is 20.0 Å². The van der Waals surface area contributed by atoms with Crippen LogP contribution in [0.3, 0.4) is 0 Å². The minimum Gasteiger partial charge on any atom is -0.484 e. The first-order valence-electron chi connectivity index (χ1n) is 5.40. The van der Waals surface area contributed by atoms with Crippen molar-refractivity contribution >= 4 is 11.6 Å². The molecule has 18 heavy (non-hydrogen) atoms. The van der Waals surface area contributed by atoms with Crippen LogP contribution in [0.15, 0.2) is 18.2 Å². The average molecular weight is 252 g/mol. The number of fused-ring (bicyclic) bond motifs is 1. The SMILES string of the molecule is CC(O)[C@@H]1COc2c(cccc2[N+](=O)[O-])C(=O)N1. The molecule has 1 aliphatic rings. The first-order valence-corrected chi connectivity index (χ1v) is 5.40. The number of carbonyl (C=O) groups is 1. The molecule has 2 atom stereocenters. The van der Waals surface area contributed by atoms with E-state index in [2.05, 4.69) is 5.32 Å². The Labute approximate surface area is 103 Å². The molecule has 1 aromatic rings. The molecule has 0 radical (unpaired) electrons. The van der Waals surface area contributed by atoms with Gasteiger partial charge < -0.3 is 15.2 Å². The summed E-state index contributed by atoms with van der Waals surface area (Å²) in [6.45, 7) is 1.50. The van der Waals surface area contributed by atoms with Crippen LogP contribution in [-0.2, 0) is 0 Å². The van der Waals surface area contributed by atoms with Crippen LogP contribution < -0.4 is 10.1 Å². The summed E-state index contributed by atoms with van der Waals surface area (Å²) >= 11 is 0. The summed E-state index contributed by atoms with van der Waals surface area (Å²) in [6, 6.07) is 3.55.